The molecule has 0 amide bonds. The molecule has 9 heteroatoms. The number of methoxy groups -OCH3 is 1. The Kier molecular flexibility index (Phi) is 5.80. The zero-order valence-corrected chi connectivity index (χ0v) is 15.7. The van der Waals surface area contributed by atoms with Gasteiger partial charge in [-0.2, -0.15) is 17.5 Å². The van der Waals surface area contributed by atoms with Gasteiger partial charge < -0.3 is 4.74 Å². The van der Waals surface area contributed by atoms with Crippen molar-refractivity contribution in [3.05, 3.63) is 58.1 Å². The highest BCUT2D eigenvalue weighted by Gasteiger charge is 2.32. The summed E-state index contributed by atoms with van der Waals surface area (Å²) in [6.45, 7) is -0.0544. The summed E-state index contributed by atoms with van der Waals surface area (Å²) in [5.74, 6) is 0.481. The number of nitrogens with zero attached hydrogens (tertiary/aromatic N) is 1. The summed E-state index contributed by atoms with van der Waals surface area (Å²) >= 11 is 3.29. The first-order valence-electron chi connectivity index (χ1n) is 7.01. The molecule has 0 fully saturated rings. The predicted octanol–water partition coefficient (Wildman–Crippen LogP) is 4.30. The molecule has 0 heterocycles. The molecule has 0 atom stereocenters. The van der Waals surface area contributed by atoms with Crippen LogP contribution in [0.5, 0.6) is 5.75 Å². The third kappa shape index (κ3) is 4.53. The summed E-state index contributed by atoms with van der Waals surface area (Å²) in [7, 11) is -1.34. The molecule has 0 unspecified atom stereocenters. The van der Waals surface area contributed by atoms with E-state index >= 15 is 0 Å². The van der Waals surface area contributed by atoms with Gasteiger partial charge in [0, 0.05) is 23.6 Å². The second-order valence-electron chi connectivity index (χ2n) is 5.24. The van der Waals surface area contributed by atoms with Gasteiger partial charge in [0.15, 0.2) is 0 Å². The average molecular weight is 438 g/mol. The SMILES string of the molecule is COc1ccc(Br)cc1CN(C)S(=O)(=O)c1cccc(C(F)(F)F)c1. The molecule has 2 aromatic rings. The number of alkyl halides is 3. The Labute approximate surface area is 152 Å². The Bertz CT molecular complexity index is 869. The van der Waals surface area contributed by atoms with Crippen molar-refractivity contribution in [2.75, 3.05) is 14.2 Å². The minimum Gasteiger partial charge on any atom is -0.496 e. The van der Waals surface area contributed by atoms with Gasteiger partial charge in [-0.3, -0.25) is 0 Å². The van der Waals surface area contributed by atoms with Crippen molar-refractivity contribution in [1.82, 2.24) is 4.31 Å². The topological polar surface area (TPSA) is 46.6 Å². The van der Waals surface area contributed by atoms with Gasteiger partial charge in [-0.25, -0.2) is 8.42 Å². The fraction of sp³-hybridized carbons (Fsp3) is 0.250. The number of sulfonamides is 1. The minimum absolute atomic E-state index is 0.0544. The van der Waals surface area contributed by atoms with Gasteiger partial charge in [0.2, 0.25) is 10.0 Å². The van der Waals surface area contributed by atoms with E-state index in [0.717, 1.165) is 27.0 Å². The maximum atomic E-state index is 12.8. The monoisotopic (exact) mass is 437 g/mol. The van der Waals surface area contributed by atoms with Crippen LogP contribution in [0.1, 0.15) is 11.1 Å². The third-order valence-corrected chi connectivity index (χ3v) is 5.80. The average Bonchev–Trinajstić information content (AvgIpc) is 2.54. The predicted molar refractivity (Wildman–Crippen MR) is 90.8 cm³/mol. The van der Waals surface area contributed by atoms with Crippen LogP contribution in [0, 0.1) is 0 Å². The number of benzene rings is 2. The Hall–Kier alpha value is -1.58. The molecule has 0 aliphatic carbocycles. The lowest BCUT2D eigenvalue weighted by atomic mass is 10.2. The molecule has 0 N–H and O–H groups in total. The molecule has 0 saturated heterocycles. The van der Waals surface area contributed by atoms with Crippen LogP contribution in [0.2, 0.25) is 0 Å². The molecule has 0 aliphatic heterocycles. The van der Waals surface area contributed by atoms with Crippen LogP contribution in [-0.2, 0) is 22.7 Å². The van der Waals surface area contributed by atoms with Crippen molar-refractivity contribution in [2.24, 2.45) is 0 Å². The first-order valence-corrected chi connectivity index (χ1v) is 9.25. The lowest BCUT2D eigenvalue weighted by molar-refractivity contribution is -0.137. The van der Waals surface area contributed by atoms with Crippen LogP contribution in [0.3, 0.4) is 0 Å². The van der Waals surface area contributed by atoms with Crippen molar-refractivity contribution < 1.29 is 26.3 Å². The molecule has 0 bridgehead atoms. The van der Waals surface area contributed by atoms with Gasteiger partial charge in [-0.15, -0.1) is 0 Å². The number of hydrogen-bond donors (Lipinski definition) is 0. The van der Waals surface area contributed by atoms with Gasteiger partial charge in [0.1, 0.15) is 5.75 Å². The maximum Gasteiger partial charge on any atom is 0.416 e. The number of ether oxygens (including phenoxy) is 1. The Balaban J connectivity index is 2.36. The molecule has 0 radical (unpaired) electrons. The van der Waals surface area contributed by atoms with E-state index in [1.54, 1.807) is 18.2 Å². The maximum absolute atomic E-state index is 12.8. The Morgan fingerprint density at radius 2 is 1.84 bits per heavy atom. The molecule has 136 valence electrons. The van der Waals surface area contributed by atoms with Crippen LogP contribution in [0.15, 0.2) is 51.8 Å². The summed E-state index contributed by atoms with van der Waals surface area (Å²) in [6.07, 6.45) is -4.61. The molecule has 0 spiro atoms. The van der Waals surface area contributed by atoms with Gasteiger partial charge in [0.25, 0.3) is 0 Å². The highest BCUT2D eigenvalue weighted by molar-refractivity contribution is 9.10. The van der Waals surface area contributed by atoms with Crippen molar-refractivity contribution in [2.45, 2.75) is 17.6 Å². The smallest absolute Gasteiger partial charge is 0.416 e. The lowest BCUT2D eigenvalue weighted by Crippen LogP contribution is -2.27. The Morgan fingerprint density at radius 3 is 2.44 bits per heavy atom. The summed E-state index contributed by atoms with van der Waals surface area (Å²) < 4.78 is 70.6. The molecule has 4 nitrogen and oxygen atoms in total. The highest BCUT2D eigenvalue weighted by atomic mass is 79.9. The second kappa shape index (κ2) is 7.35. The Morgan fingerprint density at radius 1 is 1.16 bits per heavy atom. The zero-order valence-electron chi connectivity index (χ0n) is 13.3. The standard InChI is InChI=1S/C16H15BrF3NO3S/c1-21(10-11-8-13(17)6-7-15(11)24-2)25(22,23)14-5-3-4-12(9-14)16(18,19)20/h3-9H,10H2,1-2H3. The summed E-state index contributed by atoms with van der Waals surface area (Å²) in [4.78, 5) is -0.418. The molecule has 0 saturated carbocycles. The van der Waals surface area contributed by atoms with E-state index in [1.807, 2.05) is 0 Å². The van der Waals surface area contributed by atoms with Crippen LogP contribution in [0.25, 0.3) is 0 Å². The minimum atomic E-state index is -4.61. The molecule has 0 aliphatic rings. The first kappa shape index (κ1) is 19.7. The number of rotatable bonds is 5. The number of hydrogen-bond acceptors (Lipinski definition) is 3. The molecule has 2 rings (SSSR count). The molecule has 25 heavy (non-hydrogen) atoms. The van der Waals surface area contributed by atoms with Gasteiger partial charge >= 0.3 is 6.18 Å². The fourth-order valence-electron chi connectivity index (χ4n) is 2.21. The van der Waals surface area contributed by atoms with E-state index in [-0.39, 0.29) is 6.54 Å². The van der Waals surface area contributed by atoms with Crippen LogP contribution in [0.4, 0.5) is 13.2 Å². The largest absolute Gasteiger partial charge is 0.496 e. The third-order valence-electron chi connectivity index (χ3n) is 3.50. The van der Waals surface area contributed by atoms with E-state index in [9.17, 15) is 21.6 Å². The fourth-order valence-corrected chi connectivity index (χ4v) is 3.81. The van der Waals surface area contributed by atoms with Crippen molar-refractivity contribution >= 4 is 26.0 Å². The summed E-state index contributed by atoms with van der Waals surface area (Å²) in [5.41, 5.74) is -0.433. The van der Waals surface area contributed by atoms with Crippen molar-refractivity contribution in [1.29, 1.82) is 0 Å². The van der Waals surface area contributed by atoms with Gasteiger partial charge in [-0.1, -0.05) is 22.0 Å². The zero-order chi connectivity index (χ0) is 18.8. The first-order chi connectivity index (χ1) is 11.6. The molecule has 2 aromatic carbocycles. The summed E-state index contributed by atoms with van der Waals surface area (Å²) in [6, 6.07) is 8.77. The van der Waals surface area contributed by atoms with Crippen LogP contribution < -0.4 is 4.74 Å². The molecular weight excluding hydrogens is 423 g/mol. The van der Waals surface area contributed by atoms with Gasteiger partial charge in [0.05, 0.1) is 17.6 Å². The van der Waals surface area contributed by atoms with E-state index in [4.69, 9.17) is 4.74 Å². The molecule has 0 aromatic heterocycles. The number of halogens is 4. The lowest BCUT2D eigenvalue weighted by Gasteiger charge is -2.19. The van der Waals surface area contributed by atoms with Crippen LogP contribution in [-0.4, -0.2) is 26.9 Å². The molecular formula is C16H15BrF3NO3S. The van der Waals surface area contributed by atoms with E-state index in [0.29, 0.717) is 17.4 Å². The normalized spacial score (nSPS) is 12.4. The van der Waals surface area contributed by atoms with E-state index in [2.05, 4.69) is 15.9 Å². The van der Waals surface area contributed by atoms with E-state index < -0.39 is 26.7 Å². The van der Waals surface area contributed by atoms with E-state index in [1.165, 1.54) is 14.2 Å². The summed E-state index contributed by atoms with van der Waals surface area (Å²) in [5, 5.41) is 0. The second-order valence-corrected chi connectivity index (χ2v) is 8.20. The highest BCUT2D eigenvalue weighted by Crippen LogP contribution is 2.31. The van der Waals surface area contributed by atoms with Gasteiger partial charge in [-0.05, 0) is 36.4 Å². The quantitative estimate of drug-likeness (QED) is 0.700. The van der Waals surface area contributed by atoms with Crippen LogP contribution >= 0.6 is 15.9 Å². The van der Waals surface area contributed by atoms with Crippen molar-refractivity contribution in [3.8, 4) is 5.75 Å². The van der Waals surface area contributed by atoms with Crippen molar-refractivity contribution in [3.63, 3.8) is 0 Å².